The van der Waals surface area contributed by atoms with E-state index in [1.807, 2.05) is 23.1 Å². The highest BCUT2D eigenvalue weighted by Crippen LogP contribution is 2.23. The smallest absolute Gasteiger partial charge is 0.223 e. The number of nitrogens with zero attached hydrogens (tertiary/aromatic N) is 1. The third-order valence-corrected chi connectivity index (χ3v) is 4.83. The molecule has 1 amide bonds. The molecule has 0 saturated carbocycles. The van der Waals surface area contributed by atoms with E-state index in [1.165, 1.54) is 18.4 Å². The second-order valence-corrected chi connectivity index (χ2v) is 6.40. The van der Waals surface area contributed by atoms with Crippen molar-refractivity contribution in [2.75, 3.05) is 33.4 Å². The minimum Gasteiger partial charge on any atom is -0.383 e. The van der Waals surface area contributed by atoms with Crippen molar-refractivity contribution in [3.63, 3.8) is 0 Å². The lowest BCUT2D eigenvalue weighted by molar-refractivity contribution is -0.134. The van der Waals surface area contributed by atoms with Gasteiger partial charge < -0.3 is 15.0 Å². The number of methoxy groups -OCH3 is 1. The Hall–Kier alpha value is -1.39. The molecule has 1 N–H and O–H groups in total. The predicted octanol–water partition coefficient (Wildman–Crippen LogP) is 3.00. The Labute approximate surface area is 140 Å². The lowest BCUT2D eigenvalue weighted by atomic mass is 9.93. The van der Waals surface area contributed by atoms with Crippen molar-refractivity contribution >= 4 is 5.91 Å². The van der Waals surface area contributed by atoms with Gasteiger partial charge >= 0.3 is 0 Å². The van der Waals surface area contributed by atoms with Crippen LogP contribution in [-0.2, 0) is 9.53 Å². The normalized spacial score (nSPS) is 17.0. The fourth-order valence-corrected chi connectivity index (χ4v) is 3.28. The van der Waals surface area contributed by atoms with Crippen molar-refractivity contribution < 1.29 is 9.53 Å². The highest BCUT2D eigenvalue weighted by molar-refractivity contribution is 5.76. The number of carbonyl (C=O) groups excluding carboxylic acids is 1. The first-order valence-corrected chi connectivity index (χ1v) is 8.76. The third kappa shape index (κ3) is 5.63. The second-order valence-electron chi connectivity index (χ2n) is 6.40. The van der Waals surface area contributed by atoms with Gasteiger partial charge in [-0.1, -0.05) is 30.3 Å². The van der Waals surface area contributed by atoms with Crippen LogP contribution < -0.4 is 5.32 Å². The molecule has 4 nitrogen and oxygen atoms in total. The van der Waals surface area contributed by atoms with E-state index >= 15 is 0 Å². The third-order valence-electron chi connectivity index (χ3n) is 4.83. The number of nitrogens with one attached hydrogen (secondary N) is 1. The molecule has 0 aliphatic carbocycles. The Morgan fingerprint density at radius 3 is 2.65 bits per heavy atom. The van der Waals surface area contributed by atoms with E-state index in [0.717, 1.165) is 19.5 Å². The largest absolute Gasteiger partial charge is 0.383 e. The van der Waals surface area contributed by atoms with Crippen LogP contribution in [0.3, 0.4) is 0 Å². The summed E-state index contributed by atoms with van der Waals surface area (Å²) in [5.41, 5.74) is 1.18. The van der Waals surface area contributed by atoms with Crippen LogP contribution in [0.4, 0.5) is 0 Å². The van der Waals surface area contributed by atoms with Crippen LogP contribution in [0.1, 0.15) is 44.2 Å². The van der Waals surface area contributed by atoms with Gasteiger partial charge in [0.25, 0.3) is 0 Å². The Balaban J connectivity index is 1.94. The molecule has 23 heavy (non-hydrogen) atoms. The molecule has 1 saturated heterocycles. The number of hydrogen-bond donors (Lipinski definition) is 1. The number of benzene rings is 1. The molecule has 0 bridgehead atoms. The fraction of sp³-hybridized carbons (Fsp3) is 0.632. The summed E-state index contributed by atoms with van der Waals surface area (Å²) in [6.07, 6.45) is 4.04. The number of amides is 1. The van der Waals surface area contributed by atoms with E-state index in [2.05, 4.69) is 24.4 Å². The Morgan fingerprint density at radius 1 is 1.30 bits per heavy atom. The molecule has 4 heteroatoms. The van der Waals surface area contributed by atoms with Crippen molar-refractivity contribution in [3.8, 4) is 0 Å². The highest BCUT2D eigenvalue weighted by Gasteiger charge is 2.22. The standard InChI is InChI=1S/C19H30N2O2/c1-16(18-6-4-3-5-7-18)21(14-15-23-2)19(22)9-8-17-10-12-20-13-11-17/h3-7,16-17,20H,8-15H2,1-2H3. The summed E-state index contributed by atoms with van der Waals surface area (Å²) in [5, 5.41) is 3.38. The summed E-state index contributed by atoms with van der Waals surface area (Å²) in [7, 11) is 1.69. The second kappa shape index (κ2) is 9.68. The topological polar surface area (TPSA) is 41.6 Å². The summed E-state index contributed by atoms with van der Waals surface area (Å²) < 4.78 is 5.20. The van der Waals surface area contributed by atoms with Gasteiger partial charge in [0, 0.05) is 20.1 Å². The van der Waals surface area contributed by atoms with E-state index in [0.29, 0.717) is 25.5 Å². The van der Waals surface area contributed by atoms with Gasteiger partial charge in [0.05, 0.1) is 12.6 Å². The fourth-order valence-electron chi connectivity index (χ4n) is 3.28. The number of rotatable bonds is 8. The van der Waals surface area contributed by atoms with Gasteiger partial charge in [0.15, 0.2) is 0 Å². The van der Waals surface area contributed by atoms with Crippen molar-refractivity contribution in [2.24, 2.45) is 5.92 Å². The highest BCUT2D eigenvalue weighted by atomic mass is 16.5. The molecular formula is C19H30N2O2. The number of piperidine rings is 1. The zero-order valence-corrected chi connectivity index (χ0v) is 14.5. The van der Waals surface area contributed by atoms with Crippen LogP contribution in [0.2, 0.25) is 0 Å². The van der Waals surface area contributed by atoms with Crippen molar-refractivity contribution in [2.45, 2.75) is 38.6 Å². The Bertz CT molecular complexity index is 458. The number of carbonyl (C=O) groups is 1. The first-order valence-electron chi connectivity index (χ1n) is 8.76. The van der Waals surface area contributed by atoms with Crippen LogP contribution in [0.5, 0.6) is 0 Å². The molecule has 1 unspecified atom stereocenters. The van der Waals surface area contributed by atoms with E-state index < -0.39 is 0 Å². The molecule has 0 aromatic heterocycles. The van der Waals surface area contributed by atoms with Crippen LogP contribution in [0.25, 0.3) is 0 Å². The van der Waals surface area contributed by atoms with Gasteiger partial charge in [-0.3, -0.25) is 4.79 Å². The SMILES string of the molecule is COCCN(C(=O)CCC1CCNCC1)C(C)c1ccccc1. The average Bonchev–Trinajstić information content (AvgIpc) is 2.61. The summed E-state index contributed by atoms with van der Waals surface area (Å²) in [6.45, 7) is 5.51. The van der Waals surface area contributed by atoms with Crippen molar-refractivity contribution in [1.29, 1.82) is 0 Å². The lowest BCUT2D eigenvalue weighted by Gasteiger charge is -2.30. The quantitative estimate of drug-likeness (QED) is 0.801. The number of ether oxygens (including phenoxy) is 1. The molecule has 1 heterocycles. The molecule has 128 valence electrons. The van der Waals surface area contributed by atoms with Crippen LogP contribution in [0.15, 0.2) is 30.3 Å². The van der Waals surface area contributed by atoms with Crippen LogP contribution in [0, 0.1) is 5.92 Å². The molecule has 1 atom stereocenters. The van der Waals surface area contributed by atoms with E-state index in [4.69, 9.17) is 4.74 Å². The van der Waals surface area contributed by atoms with E-state index in [1.54, 1.807) is 7.11 Å². The first-order chi connectivity index (χ1) is 11.2. The van der Waals surface area contributed by atoms with Crippen LogP contribution >= 0.6 is 0 Å². The van der Waals surface area contributed by atoms with Gasteiger partial charge in [-0.15, -0.1) is 0 Å². The Morgan fingerprint density at radius 2 is 2.00 bits per heavy atom. The molecule has 2 rings (SSSR count). The van der Waals surface area contributed by atoms with Gasteiger partial charge in [0.2, 0.25) is 5.91 Å². The molecule has 1 aliphatic heterocycles. The first kappa shape index (κ1) is 18.0. The minimum absolute atomic E-state index is 0.0897. The summed E-state index contributed by atoms with van der Waals surface area (Å²) in [5.74, 6) is 0.938. The molecule has 1 aromatic rings. The maximum absolute atomic E-state index is 12.8. The van der Waals surface area contributed by atoms with Gasteiger partial charge in [-0.05, 0) is 50.8 Å². The number of hydrogen-bond acceptors (Lipinski definition) is 3. The summed E-state index contributed by atoms with van der Waals surface area (Å²) in [6, 6.07) is 10.3. The molecule has 1 aromatic carbocycles. The lowest BCUT2D eigenvalue weighted by Crippen LogP contribution is -2.36. The van der Waals surface area contributed by atoms with Crippen molar-refractivity contribution in [3.05, 3.63) is 35.9 Å². The van der Waals surface area contributed by atoms with Gasteiger partial charge in [0.1, 0.15) is 0 Å². The zero-order valence-electron chi connectivity index (χ0n) is 14.5. The average molecular weight is 318 g/mol. The van der Waals surface area contributed by atoms with E-state index in [-0.39, 0.29) is 11.9 Å². The molecular weight excluding hydrogens is 288 g/mol. The molecule has 0 spiro atoms. The predicted molar refractivity (Wildman–Crippen MR) is 93.3 cm³/mol. The molecule has 0 radical (unpaired) electrons. The van der Waals surface area contributed by atoms with Gasteiger partial charge in [-0.2, -0.15) is 0 Å². The van der Waals surface area contributed by atoms with Crippen molar-refractivity contribution in [1.82, 2.24) is 10.2 Å². The maximum atomic E-state index is 12.8. The summed E-state index contributed by atoms with van der Waals surface area (Å²) in [4.78, 5) is 14.7. The van der Waals surface area contributed by atoms with Crippen LogP contribution in [-0.4, -0.2) is 44.2 Å². The zero-order chi connectivity index (χ0) is 16.5. The Kier molecular flexibility index (Phi) is 7.56. The minimum atomic E-state index is 0.0897. The van der Waals surface area contributed by atoms with E-state index in [9.17, 15) is 4.79 Å². The van der Waals surface area contributed by atoms with Gasteiger partial charge in [-0.25, -0.2) is 0 Å². The molecule has 1 aliphatic rings. The summed E-state index contributed by atoms with van der Waals surface area (Å²) >= 11 is 0. The maximum Gasteiger partial charge on any atom is 0.223 e. The molecule has 1 fully saturated rings. The monoisotopic (exact) mass is 318 g/mol.